The predicted molar refractivity (Wildman–Crippen MR) is 153 cm³/mol. The lowest BCUT2D eigenvalue weighted by Gasteiger charge is -2.32. The van der Waals surface area contributed by atoms with Crippen LogP contribution in [0.25, 0.3) is 0 Å². The van der Waals surface area contributed by atoms with E-state index in [1.807, 2.05) is 87.5 Å². The number of ether oxygens (including phenoxy) is 1. The minimum Gasteiger partial charge on any atom is -0.484 e. The maximum atomic E-state index is 13.8. The van der Waals surface area contributed by atoms with Gasteiger partial charge in [-0.1, -0.05) is 84.4 Å². The minimum absolute atomic E-state index is 0.158. The fraction of sp³-hybridized carbons (Fsp3) is 0.355. The van der Waals surface area contributed by atoms with Crippen LogP contribution in [0, 0.1) is 26.7 Å². The normalized spacial score (nSPS) is 11.8. The summed E-state index contributed by atoms with van der Waals surface area (Å²) in [6, 6.07) is 20.9. The van der Waals surface area contributed by atoms with Crippen molar-refractivity contribution in [3.05, 3.63) is 99.0 Å². The zero-order chi connectivity index (χ0) is 26.9. The number of nitrogens with one attached hydrogen (secondary N) is 1. The van der Waals surface area contributed by atoms with Crippen molar-refractivity contribution < 1.29 is 14.3 Å². The molecule has 3 aromatic rings. The van der Waals surface area contributed by atoms with Crippen LogP contribution in [0.5, 0.6) is 5.75 Å². The fourth-order valence-corrected chi connectivity index (χ4v) is 4.39. The molecule has 1 atom stereocenters. The maximum Gasteiger partial charge on any atom is 0.261 e. The first-order chi connectivity index (χ1) is 17.7. The lowest BCUT2D eigenvalue weighted by Crippen LogP contribution is -2.52. The predicted octanol–water partition coefficient (Wildman–Crippen LogP) is 6.17. The standard InChI is InChI=1S/C31H37BrN2O3/c1-21(2)18-33-31(36)28(17-25-12-7-6-8-13-25)34(19-26-14-10-9-11-22(26)3)29(35)20-37-27-15-23(4)30(32)24(5)16-27/h6-16,21,28H,17-20H2,1-5H3,(H,33,36)/t28-/m0/s1. The molecule has 196 valence electrons. The Labute approximate surface area is 229 Å². The second-order valence-electron chi connectivity index (χ2n) is 9.95. The summed E-state index contributed by atoms with van der Waals surface area (Å²) in [5, 5.41) is 3.05. The smallest absolute Gasteiger partial charge is 0.261 e. The Morgan fingerprint density at radius 2 is 1.54 bits per heavy atom. The molecule has 0 spiro atoms. The van der Waals surface area contributed by atoms with E-state index in [2.05, 4.69) is 35.1 Å². The van der Waals surface area contributed by atoms with Gasteiger partial charge < -0.3 is 15.0 Å². The third-order valence-corrected chi connectivity index (χ3v) is 7.58. The van der Waals surface area contributed by atoms with E-state index < -0.39 is 6.04 Å². The van der Waals surface area contributed by atoms with Crippen molar-refractivity contribution in [3.63, 3.8) is 0 Å². The molecular weight excluding hydrogens is 528 g/mol. The Bertz CT molecular complexity index is 1190. The molecule has 3 rings (SSSR count). The second-order valence-corrected chi connectivity index (χ2v) is 10.7. The summed E-state index contributed by atoms with van der Waals surface area (Å²) in [4.78, 5) is 28.9. The van der Waals surface area contributed by atoms with Gasteiger partial charge in [0.15, 0.2) is 6.61 Å². The Hall–Kier alpha value is -3.12. The Morgan fingerprint density at radius 3 is 2.16 bits per heavy atom. The number of hydrogen-bond acceptors (Lipinski definition) is 3. The molecule has 0 aliphatic heterocycles. The monoisotopic (exact) mass is 564 g/mol. The highest BCUT2D eigenvalue weighted by molar-refractivity contribution is 9.10. The first-order valence-corrected chi connectivity index (χ1v) is 13.5. The Kier molecular flexibility index (Phi) is 10.3. The van der Waals surface area contributed by atoms with E-state index in [9.17, 15) is 9.59 Å². The molecule has 0 unspecified atom stereocenters. The lowest BCUT2D eigenvalue weighted by molar-refractivity contribution is -0.142. The largest absolute Gasteiger partial charge is 0.484 e. The molecule has 0 radical (unpaired) electrons. The van der Waals surface area contributed by atoms with E-state index >= 15 is 0 Å². The molecule has 0 fully saturated rings. The fourth-order valence-electron chi connectivity index (χ4n) is 4.16. The zero-order valence-electron chi connectivity index (χ0n) is 22.4. The third kappa shape index (κ3) is 8.19. The zero-order valence-corrected chi connectivity index (χ0v) is 24.0. The van der Waals surface area contributed by atoms with E-state index in [0.29, 0.717) is 31.2 Å². The minimum atomic E-state index is -0.676. The molecule has 0 saturated heterocycles. The van der Waals surface area contributed by atoms with Gasteiger partial charge in [-0.25, -0.2) is 0 Å². The number of carbonyl (C=O) groups is 2. The van der Waals surface area contributed by atoms with Crippen molar-refractivity contribution in [2.75, 3.05) is 13.2 Å². The summed E-state index contributed by atoms with van der Waals surface area (Å²) in [7, 11) is 0. The summed E-state index contributed by atoms with van der Waals surface area (Å²) in [6.45, 7) is 10.8. The molecule has 3 aromatic carbocycles. The second kappa shape index (κ2) is 13.4. The molecule has 5 nitrogen and oxygen atoms in total. The molecule has 0 bridgehead atoms. The van der Waals surface area contributed by atoms with Crippen LogP contribution in [0.2, 0.25) is 0 Å². The van der Waals surface area contributed by atoms with Gasteiger partial charge in [-0.05, 0) is 66.6 Å². The van der Waals surface area contributed by atoms with Crippen molar-refractivity contribution in [2.24, 2.45) is 5.92 Å². The van der Waals surface area contributed by atoms with Crippen LogP contribution in [0.4, 0.5) is 0 Å². The number of hydrogen-bond donors (Lipinski definition) is 1. The highest BCUT2D eigenvalue weighted by Gasteiger charge is 2.31. The molecule has 37 heavy (non-hydrogen) atoms. The molecule has 0 saturated carbocycles. The number of benzene rings is 3. The van der Waals surface area contributed by atoms with Crippen LogP contribution < -0.4 is 10.1 Å². The molecule has 0 aliphatic rings. The summed E-state index contributed by atoms with van der Waals surface area (Å²) >= 11 is 3.58. The number of nitrogens with zero attached hydrogens (tertiary/aromatic N) is 1. The van der Waals surface area contributed by atoms with Crippen LogP contribution in [-0.4, -0.2) is 35.9 Å². The van der Waals surface area contributed by atoms with E-state index in [-0.39, 0.29) is 18.4 Å². The van der Waals surface area contributed by atoms with Crippen molar-refractivity contribution >= 4 is 27.7 Å². The summed E-state index contributed by atoms with van der Waals surface area (Å²) in [5.74, 6) is 0.539. The molecule has 0 aromatic heterocycles. The molecule has 1 N–H and O–H groups in total. The van der Waals surface area contributed by atoms with E-state index in [4.69, 9.17) is 4.74 Å². The van der Waals surface area contributed by atoms with Gasteiger partial charge in [0.25, 0.3) is 5.91 Å². The van der Waals surface area contributed by atoms with Crippen LogP contribution in [0.1, 0.15) is 41.7 Å². The van der Waals surface area contributed by atoms with Crippen LogP contribution in [0.3, 0.4) is 0 Å². The SMILES string of the molecule is Cc1ccccc1CN(C(=O)COc1cc(C)c(Br)c(C)c1)[C@@H](Cc1ccccc1)C(=O)NCC(C)C. The van der Waals surface area contributed by atoms with Crippen molar-refractivity contribution in [1.29, 1.82) is 0 Å². The van der Waals surface area contributed by atoms with Gasteiger partial charge in [0.05, 0.1) is 0 Å². The van der Waals surface area contributed by atoms with Crippen molar-refractivity contribution in [1.82, 2.24) is 10.2 Å². The summed E-state index contributed by atoms with van der Waals surface area (Å²) in [6.07, 6.45) is 0.416. The molecule has 0 heterocycles. The average molecular weight is 566 g/mol. The van der Waals surface area contributed by atoms with Gasteiger partial charge in [0.2, 0.25) is 5.91 Å². The van der Waals surface area contributed by atoms with Crippen LogP contribution >= 0.6 is 15.9 Å². The van der Waals surface area contributed by atoms with Crippen molar-refractivity contribution in [2.45, 2.75) is 53.6 Å². The molecular formula is C31H37BrN2O3. The number of rotatable bonds is 11. The number of carbonyl (C=O) groups excluding carboxylic acids is 2. The van der Waals surface area contributed by atoms with Crippen LogP contribution in [-0.2, 0) is 22.6 Å². The molecule has 0 aliphatic carbocycles. The van der Waals surface area contributed by atoms with Gasteiger partial charge in [-0.3, -0.25) is 9.59 Å². The first-order valence-electron chi connectivity index (χ1n) is 12.7. The van der Waals surface area contributed by atoms with E-state index in [0.717, 1.165) is 32.3 Å². The first kappa shape index (κ1) is 28.5. The quantitative estimate of drug-likeness (QED) is 0.303. The third-order valence-electron chi connectivity index (χ3n) is 6.33. The molecule has 6 heteroatoms. The van der Waals surface area contributed by atoms with Gasteiger partial charge in [-0.2, -0.15) is 0 Å². The summed E-state index contributed by atoms with van der Waals surface area (Å²) in [5.41, 5.74) is 5.14. The Morgan fingerprint density at radius 1 is 0.919 bits per heavy atom. The van der Waals surface area contributed by atoms with Gasteiger partial charge in [0.1, 0.15) is 11.8 Å². The van der Waals surface area contributed by atoms with Gasteiger partial charge >= 0.3 is 0 Å². The van der Waals surface area contributed by atoms with Crippen molar-refractivity contribution in [3.8, 4) is 5.75 Å². The van der Waals surface area contributed by atoms with Crippen LogP contribution in [0.15, 0.2) is 71.2 Å². The highest BCUT2D eigenvalue weighted by atomic mass is 79.9. The topological polar surface area (TPSA) is 58.6 Å². The highest BCUT2D eigenvalue weighted by Crippen LogP contribution is 2.26. The molecule has 2 amide bonds. The van der Waals surface area contributed by atoms with E-state index in [1.54, 1.807) is 4.90 Å². The lowest BCUT2D eigenvalue weighted by atomic mass is 10.0. The van der Waals surface area contributed by atoms with E-state index in [1.165, 1.54) is 0 Å². The summed E-state index contributed by atoms with van der Waals surface area (Å²) < 4.78 is 6.99. The maximum absolute atomic E-state index is 13.8. The number of halogens is 1. The Balaban J connectivity index is 1.92. The van der Waals surface area contributed by atoms with Gasteiger partial charge in [-0.15, -0.1) is 0 Å². The van der Waals surface area contributed by atoms with Gasteiger partial charge in [0, 0.05) is 24.0 Å². The number of aryl methyl sites for hydroxylation is 3. The number of amides is 2. The average Bonchev–Trinajstić information content (AvgIpc) is 2.88.